The first-order valence-corrected chi connectivity index (χ1v) is 4.06. The van der Waals surface area contributed by atoms with E-state index in [0.29, 0.717) is 15.7 Å². The van der Waals surface area contributed by atoms with Crippen molar-refractivity contribution in [2.75, 3.05) is 0 Å². The summed E-state index contributed by atoms with van der Waals surface area (Å²) >= 11 is 11.4. The number of hydrogen-bond acceptors (Lipinski definition) is 3. The number of rotatable bonds is 2. The number of benzene rings is 1. The van der Waals surface area contributed by atoms with Crippen LogP contribution in [0.15, 0.2) is 33.5 Å². The summed E-state index contributed by atoms with van der Waals surface area (Å²) < 4.78 is 0. The van der Waals surface area contributed by atoms with Gasteiger partial charge in [0.15, 0.2) is 6.34 Å². The maximum atomic E-state index is 5.72. The Morgan fingerprint density at radius 1 is 1.15 bits per heavy atom. The number of nitrogens with zero attached hydrogens (tertiary/aromatic N) is 3. The summed E-state index contributed by atoms with van der Waals surface area (Å²) in [5.41, 5.74) is 0.553. The molecule has 0 saturated heterocycles. The van der Waals surface area contributed by atoms with Gasteiger partial charge in [-0.1, -0.05) is 23.2 Å². The summed E-state index contributed by atoms with van der Waals surface area (Å²) in [7, 11) is 0. The summed E-state index contributed by atoms with van der Waals surface area (Å²) in [6.45, 7) is 0. The van der Waals surface area contributed by atoms with E-state index in [4.69, 9.17) is 29.0 Å². The minimum absolute atomic E-state index is 0.506. The largest absolute Gasteiger partial charge is 0.322 e. The average Bonchev–Trinajstić information content (AvgIpc) is 2.03. The van der Waals surface area contributed by atoms with Crippen LogP contribution in [0, 0.1) is 0 Å². The van der Waals surface area contributed by atoms with Crippen molar-refractivity contribution in [2.45, 2.75) is 0 Å². The van der Waals surface area contributed by atoms with Gasteiger partial charge in [0.05, 0.1) is 5.69 Å². The van der Waals surface area contributed by atoms with E-state index in [1.165, 1.54) is 0 Å². The van der Waals surface area contributed by atoms with Gasteiger partial charge in [-0.2, -0.15) is 5.10 Å². The molecular formula is C7H6Cl2N4. The first-order chi connectivity index (χ1) is 6.22. The van der Waals surface area contributed by atoms with Gasteiger partial charge < -0.3 is 5.84 Å². The summed E-state index contributed by atoms with van der Waals surface area (Å²) in [5.74, 6) is 4.82. The van der Waals surface area contributed by atoms with E-state index >= 15 is 0 Å². The Balaban J connectivity index is 2.89. The quantitative estimate of drug-likeness (QED) is 0.267. The molecule has 0 radical (unpaired) electrons. The van der Waals surface area contributed by atoms with Gasteiger partial charge in [-0.3, -0.25) is 0 Å². The van der Waals surface area contributed by atoms with Crippen LogP contribution in [-0.2, 0) is 0 Å². The lowest BCUT2D eigenvalue weighted by Gasteiger charge is -1.94. The molecule has 1 aromatic rings. The van der Waals surface area contributed by atoms with E-state index in [1.807, 2.05) is 0 Å². The van der Waals surface area contributed by atoms with Crippen molar-refractivity contribution in [1.29, 1.82) is 0 Å². The highest BCUT2D eigenvalue weighted by Gasteiger charge is 1.95. The van der Waals surface area contributed by atoms with Crippen LogP contribution >= 0.6 is 23.2 Å². The van der Waals surface area contributed by atoms with Gasteiger partial charge in [-0.05, 0) is 18.2 Å². The number of halogens is 2. The molecule has 0 fully saturated rings. The monoisotopic (exact) mass is 216 g/mol. The number of nitrogens with two attached hydrogens (primary N) is 1. The lowest BCUT2D eigenvalue weighted by molar-refractivity contribution is 1.21. The molecule has 0 aliphatic rings. The van der Waals surface area contributed by atoms with Gasteiger partial charge in [-0.25, -0.2) is 0 Å². The van der Waals surface area contributed by atoms with Crippen LogP contribution in [0.4, 0.5) is 5.69 Å². The lowest BCUT2D eigenvalue weighted by atomic mass is 10.3. The molecule has 0 bridgehead atoms. The minimum atomic E-state index is 0.506. The predicted molar refractivity (Wildman–Crippen MR) is 53.7 cm³/mol. The normalized spacial score (nSPS) is 11.5. The Bertz CT molecular complexity index is 328. The molecule has 0 heterocycles. The Hall–Kier alpha value is -1.13. The second kappa shape index (κ2) is 4.79. The fourth-order valence-corrected chi connectivity index (χ4v) is 1.23. The average molecular weight is 217 g/mol. The van der Waals surface area contributed by atoms with Gasteiger partial charge in [-0.15, -0.1) is 10.2 Å². The molecule has 0 atom stereocenters. The second-order valence-electron chi connectivity index (χ2n) is 2.11. The van der Waals surface area contributed by atoms with Gasteiger partial charge in [0.1, 0.15) is 0 Å². The van der Waals surface area contributed by atoms with Crippen molar-refractivity contribution in [3.8, 4) is 0 Å². The molecule has 68 valence electrons. The zero-order valence-electron chi connectivity index (χ0n) is 6.48. The first-order valence-electron chi connectivity index (χ1n) is 3.31. The van der Waals surface area contributed by atoms with Gasteiger partial charge in [0.2, 0.25) is 0 Å². The summed E-state index contributed by atoms with van der Waals surface area (Å²) in [4.78, 5) is 0. The van der Waals surface area contributed by atoms with Crippen LogP contribution in [0.3, 0.4) is 0 Å². The topological polar surface area (TPSA) is 63.1 Å². The third-order valence-electron chi connectivity index (χ3n) is 1.14. The molecule has 2 N–H and O–H groups in total. The minimum Gasteiger partial charge on any atom is -0.322 e. The molecule has 0 unspecified atom stereocenters. The fraction of sp³-hybridized carbons (Fsp3) is 0. The van der Waals surface area contributed by atoms with Crippen molar-refractivity contribution in [1.82, 2.24) is 0 Å². The maximum absolute atomic E-state index is 5.72. The van der Waals surface area contributed by atoms with Crippen molar-refractivity contribution >= 4 is 35.2 Å². The van der Waals surface area contributed by atoms with Crippen LogP contribution < -0.4 is 5.84 Å². The molecule has 13 heavy (non-hydrogen) atoms. The van der Waals surface area contributed by atoms with Crippen LogP contribution in [-0.4, -0.2) is 6.34 Å². The van der Waals surface area contributed by atoms with Crippen molar-refractivity contribution in [3.05, 3.63) is 28.2 Å². The standard InChI is InChI=1S/C7H6Cl2N4/c8-5-1-6(9)3-7(2-5)13-12-4-11-10/h1-4H,10H2. The zero-order valence-corrected chi connectivity index (χ0v) is 8.00. The molecule has 6 heteroatoms. The SMILES string of the molecule is NN=CN=Nc1cc(Cl)cc(Cl)c1. The smallest absolute Gasteiger partial charge is 0.157 e. The fourth-order valence-electron chi connectivity index (χ4n) is 0.719. The van der Waals surface area contributed by atoms with Crippen LogP contribution in [0.5, 0.6) is 0 Å². The summed E-state index contributed by atoms with van der Waals surface area (Å²) in [6.07, 6.45) is 1.12. The molecule has 1 rings (SSSR count). The molecule has 4 nitrogen and oxygen atoms in total. The Morgan fingerprint density at radius 3 is 2.31 bits per heavy atom. The molecule has 0 aliphatic carbocycles. The number of hydrogen-bond donors (Lipinski definition) is 1. The number of hydrazone groups is 1. The van der Waals surface area contributed by atoms with Gasteiger partial charge in [0, 0.05) is 10.0 Å². The Labute approximate surface area is 85.1 Å². The lowest BCUT2D eigenvalue weighted by Crippen LogP contribution is -1.77. The highest BCUT2D eigenvalue weighted by Crippen LogP contribution is 2.24. The van der Waals surface area contributed by atoms with E-state index in [2.05, 4.69) is 15.3 Å². The van der Waals surface area contributed by atoms with E-state index in [1.54, 1.807) is 18.2 Å². The van der Waals surface area contributed by atoms with Crippen LogP contribution in [0.1, 0.15) is 0 Å². The highest BCUT2D eigenvalue weighted by atomic mass is 35.5. The third kappa shape index (κ3) is 3.40. The van der Waals surface area contributed by atoms with Gasteiger partial charge >= 0.3 is 0 Å². The zero-order chi connectivity index (χ0) is 9.68. The molecule has 1 aromatic carbocycles. The molecule has 0 spiro atoms. The molecule has 0 amide bonds. The van der Waals surface area contributed by atoms with E-state index in [0.717, 1.165) is 6.34 Å². The van der Waals surface area contributed by atoms with Crippen LogP contribution in [0.25, 0.3) is 0 Å². The molecule has 0 aliphatic heterocycles. The van der Waals surface area contributed by atoms with Crippen molar-refractivity contribution in [2.24, 2.45) is 21.2 Å². The molecule has 0 aromatic heterocycles. The van der Waals surface area contributed by atoms with E-state index < -0.39 is 0 Å². The first kappa shape index (κ1) is 9.95. The molecule has 0 saturated carbocycles. The summed E-state index contributed by atoms with van der Waals surface area (Å²) in [6, 6.07) is 4.86. The molecular weight excluding hydrogens is 211 g/mol. The van der Waals surface area contributed by atoms with Crippen molar-refractivity contribution < 1.29 is 0 Å². The maximum Gasteiger partial charge on any atom is 0.157 e. The van der Waals surface area contributed by atoms with Gasteiger partial charge in [0.25, 0.3) is 0 Å². The van der Waals surface area contributed by atoms with E-state index in [-0.39, 0.29) is 0 Å². The van der Waals surface area contributed by atoms with Crippen LogP contribution in [0.2, 0.25) is 10.0 Å². The number of azo groups is 1. The second-order valence-corrected chi connectivity index (χ2v) is 2.98. The Kier molecular flexibility index (Phi) is 3.67. The summed E-state index contributed by atoms with van der Waals surface area (Å²) in [5, 5.41) is 11.4. The third-order valence-corrected chi connectivity index (χ3v) is 1.58. The highest BCUT2D eigenvalue weighted by molar-refractivity contribution is 6.35. The predicted octanol–water partition coefficient (Wildman–Crippen LogP) is 2.98. The van der Waals surface area contributed by atoms with Crippen molar-refractivity contribution in [3.63, 3.8) is 0 Å². The Morgan fingerprint density at radius 2 is 1.77 bits per heavy atom. The van der Waals surface area contributed by atoms with E-state index in [9.17, 15) is 0 Å².